The molecule has 0 saturated heterocycles. The molecule has 1 heterocycles. The summed E-state index contributed by atoms with van der Waals surface area (Å²) in [4.78, 5) is 15.8. The number of nitrogens with one attached hydrogen (secondary N) is 1. The van der Waals surface area contributed by atoms with E-state index in [1.54, 1.807) is 0 Å². The fourth-order valence-corrected chi connectivity index (χ4v) is 2.52. The van der Waals surface area contributed by atoms with Crippen molar-refractivity contribution >= 4 is 39.8 Å². The third-order valence-corrected chi connectivity index (χ3v) is 3.52. The van der Waals surface area contributed by atoms with E-state index in [9.17, 15) is 4.79 Å². The van der Waals surface area contributed by atoms with Gasteiger partial charge in [-0.15, -0.1) is 11.3 Å². The van der Waals surface area contributed by atoms with Crippen molar-refractivity contribution in [2.24, 2.45) is 0 Å². The highest BCUT2D eigenvalue weighted by Crippen LogP contribution is 2.26. The molecule has 0 fully saturated rings. The zero-order valence-corrected chi connectivity index (χ0v) is 11.5. The number of benzene rings is 1. The average Bonchev–Trinajstić information content (AvgIpc) is 2.78. The van der Waals surface area contributed by atoms with E-state index in [1.165, 1.54) is 23.1 Å². The number of thioether (sulfide) groups is 1. The Labute approximate surface area is 114 Å². The van der Waals surface area contributed by atoms with Gasteiger partial charge in [0.05, 0.1) is 11.4 Å². The van der Waals surface area contributed by atoms with Gasteiger partial charge in [0.25, 0.3) is 0 Å². The molecule has 0 radical (unpaired) electrons. The molecule has 4 nitrogen and oxygen atoms in total. The lowest BCUT2D eigenvalue weighted by Crippen LogP contribution is -2.13. The summed E-state index contributed by atoms with van der Waals surface area (Å²) in [5, 5.41) is 5.29. The first-order chi connectivity index (χ1) is 8.69. The molecule has 6 heteroatoms. The van der Waals surface area contributed by atoms with Gasteiger partial charge in [0.1, 0.15) is 0 Å². The number of carbonyl (C=O) groups is 1. The maximum Gasteiger partial charge on any atom is 0.236 e. The second-order valence-electron chi connectivity index (χ2n) is 3.64. The predicted molar refractivity (Wildman–Crippen MR) is 79.0 cm³/mol. The molecule has 0 atom stereocenters. The van der Waals surface area contributed by atoms with Gasteiger partial charge < -0.3 is 11.1 Å². The molecule has 94 valence electrons. The number of hydrogen-bond donors (Lipinski definition) is 2. The van der Waals surface area contributed by atoms with Gasteiger partial charge >= 0.3 is 0 Å². The van der Waals surface area contributed by atoms with Crippen molar-refractivity contribution in [2.75, 3.05) is 23.1 Å². The first-order valence-corrected chi connectivity index (χ1v) is 7.56. The van der Waals surface area contributed by atoms with Crippen LogP contribution in [0.1, 0.15) is 0 Å². The highest BCUT2D eigenvalue weighted by molar-refractivity contribution is 7.99. The maximum atomic E-state index is 11.4. The third-order valence-electron chi connectivity index (χ3n) is 2.21. The van der Waals surface area contributed by atoms with Crippen molar-refractivity contribution in [2.45, 2.75) is 0 Å². The Hall–Kier alpha value is -1.53. The van der Waals surface area contributed by atoms with Gasteiger partial charge in [0, 0.05) is 16.6 Å². The Morgan fingerprint density at radius 2 is 2.39 bits per heavy atom. The molecular weight excluding hydrogens is 266 g/mol. The maximum absolute atomic E-state index is 11.4. The van der Waals surface area contributed by atoms with Gasteiger partial charge in [-0.05, 0) is 18.4 Å². The minimum absolute atomic E-state index is 0.0315. The van der Waals surface area contributed by atoms with Crippen molar-refractivity contribution in [1.29, 1.82) is 0 Å². The summed E-state index contributed by atoms with van der Waals surface area (Å²) in [6.07, 6.45) is 1.89. The van der Waals surface area contributed by atoms with E-state index in [1.807, 2.05) is 35.9 Å². The molecule has 0 aliphatic heterocycles. The second kappa shape index (κ2) is 5.88. The Balaban J connectivity index is 2.13. The minimum atomic E-state index is -0.0315. The SMILES string of the molecule is CSCC(=O)Nc1nc(-c2cccc(N)c2)cs1. The number of nitrogens with zero attached hydrogens (tertiary/aromatic N) is 1. The second-order valence-corrected chi connectivity index (χ2v) is 5.37. The summed E-state index contributed by atoms with van der Waals surface area (Å²) >= 11 is 2.89. The fourth-order valence-electron chi connectivity index (χ4n) is 1.45. The van der Waals surface area contributed by atoms with Crippen LogP contribution in [0.4, 0.5) is 10.8 Å². The van der Waals surface area contributed by atoms with Crippen LogP contribution >= 0.6 is 23.1 Å². The van der Waals surface area contributed by atoms with Crippen LogP contribution in [-0.2, 0) is 4.79 Å². The lowest BCUT2D eigenvalue weighted by atomic mass is 10.1. The number of amides is 1. The minimum Gasteiger partial charge on any atom is -0.399 e. The lowest BCUT2D eigenvalue weighted by molar-refractivity contribution is -0.113. The van der Waals surface area contributed by atoms with Crippen LogP contribution < -0.4 is 11.1 Å². The zero-order chi connectivity index (χ0) is 13.0. The molecule has 2 rings (SSSR count). The largest absolute Gasteiger partial charge is 0.399 e. The van der Waals surface area contributed by atoms with Crippen LogP contribution in [0.3, 0.4) is 0 Å². The number of hydrogen-bond acceptors (Lipinski definition) is 5. The van der Waals surface area contributed by atoms with Crippen LogP contribution in [0.2, 0.25) is 0 Å². The van der Waals surface area contributed by atoms with E-state index >= 15 is 0 Å². The van der Waals surface area contributed by atoms with Crippen LogP contribution in [-0.4, -0.2) is 22.9 Å². The molecule has 0 aliphatic carbocycles. The number of nitrogen functional groups attached to an aromatic ring is 1. The molecule has 0 saturated carbocycles. The van der Waals surface area contributed by atoms with E-state index in [0.29, 0.717) is 16.6 Å². The Bertz CT molecular complexity index is 554. The van der Waals surface area contributed by atoms with E-state index in [0.717, 1.165) is 11.3 Å². The number of rotatable bonds is 4. The van der Waals surface area contributed by atoms with E-state index in [4.69, 9.17) is 5.73 Å². The normalized spacial score (nSPS) is 10.3. The summed E-state index contributed by atoms with van der Waals surface area (Å²) < 4.78 is 0. The fraction of sp³-hybridized carbons (Fsp3) is 0.167. The molecule has 3 N–H and O–H groups in total. The van der Waals surface area contributed by atoms with Crippen LogP contribution in [0.25, 0.3) is 11.3 Å². The van der Waals surface area contributed by atoms with Gasteiger partial charge in [0.15, 0.2) is 5.13 Å². The molecule has 2 aromatic rings. The number of nitrogens with two attached hydrogens (primary N) is 1. The first kappa shape index (κ1) is 12.9. The average molecular weight is 279 g/mol. The molecule has 0 bridgehead atoms. The molecule has 1 amide bonds. The van der Waals surface area contributed by atoms with Crippen molar-refractivity contribution < 1.29 is 4.79 Å². The molecule has 0 unspecified atom stereocenters. The quantitative estimate of drug-likeness (QED) is 0.844. The smallest absolute Gasteiger partial charge is 0.236 e. The molecule has 1 aromatic heterocycles. The van der Waals surface area contributed by atoms with Crippen LogP contribution in [0.15, 0.2) is 29.6 Å². The summed E-state index contributed by atoms with van der Waals surface area (Å²) in [7, 11) is 0. The standard InChI is InChI=1S/C12H13N3OS2/c1-17-7-11(16)15-12-14-10(6-18-12)8-3-2-4-9(13)5-8/h2-6H,7,13H2,1H3,(H,14,15,16). The van der Waals surface area contributed by atoms with Crippen molar-refractivity contribution in [3.05, 3.63) is 29.6 Å². The Morgan fingerprint density at radius 3 is 3.11 bits per heavy atom. The molecule has 0 spiro atoms. The zero-order valence-electron chi connectivity index (χ0n) is 9.84. The Morgan fingerprint density at radius 1 is 1.56 bits per heavy atom. The summed E-state index contributed by atoms with van der Waals surface area (Å²) in [5.41, 5.74) is 8.21. The van der Waals surface area contributed by atoms with Crippen molar-refractivity contribution in [1.82, 2.24) is 4.98 Å². The monoisotopic (exact) mass is 279 g/mol. The molecule has 1 aromatic carbocycles. The summed E-state index contributed by atoms with van der Waals surface area (Å²) in [6, 6.07) is 7.52. The molecule has 0 aliphatic rings. The molecule has 18 heavy (non-hydrogen) atoms. The number of anilines is 2. The van der Waals surface area contributed by atoms with Gasteiger partial charge in [-0.2, -0.15) is 11.8 Å². The van der Waals surface area contributed by atoms with Crippen LogP contribution in [0, 0.1) is 0 Å². The topological polar surface area (TPSA) is 68.0 Å². The lowest BCUT2D eigenvalue weighted by Gasteiger charge is -1.99. The van der Waals surface area contributed by atoms with E-state index in [2.05, 4.69) is 10.3 Å². The van der Waals surface area contributed by atoms with Gasteiger partial charge in [-0.1, -0.05) is 12.1 Å². The van der Waals surface area contributed by atoms with E-state index < -0.39 is 0 Å². The highest BCUT2D eigenvalue weighted by Gasteiger charge is 2.07. The van der Waals surface area contributed by atoms with Gasteiger partial charge in [-0.25, -0.2) is 4.98 Å². The number of aromatic nitrogens is 1. The van der Waals surface area contributed by atoms with Crippen molar-refractivity contribution in [3.63, 3.8) is 0 Å². The summed E-state index contributed by atoms with van der Waals surface area (Å²) in [5.74, 6) is 0.406. The summed E-state index contributed by atoms with van der Waals surface area (Å²) in [6.45, 7) is 0. The van der Waals surface area contributed by atoms with Crippen LogP contribution in [0.5, 0.6) is 0 Å². The highest BCUT2D eigenvalue weighted by atomic mass is 32.2. The Kier molecular flexibility index (Phi) is 4.22. The molecular formula is C12H13N3OS2. The van der Waals surface area contributed by atoms with Gasteiger partial charge in [-0.3, -0.25) is 4.79 Å². The first-order valence-electron chi connectivity index (χ1n) is 5.29. The number of thiazole rings is 1. The van der Waals surface area contributed by atoms with Gasteiger partial charge in [0.2, 0.25) is 5.91 Å². The van der Waals surface area contributed by atoms with Crippen molar-refractivity contribution in [3.8, 4) is 11.3 Å². The third kappa shape index (κ3) is 3.24. The van der Waals surface area contributed by atoms with E-state index in [-0.39, 0.29) is 5.91 Å². The number of carbonyl (C=O) groups excluding carboxylic acids is 1. The predicted octanol–water partition coefficient (Wildman–Crippen LogP) is 2.69.